The first kappa shape index (κ1) is 52.8. The second kappa shape index (κ2) is 37.2. The summed E-state index contributed by atoms with van der Waals surface area (Å²) in [5.41, 5.74) is 0. The van der Waals surface area contributed by atoms with Crippen molar-refractivity contribution in [3.8, 4) is 0 Å². The molecule has 0 radical (unpaired) electrons. The van der Waals surface area contributed by atoms with Crippen molar-refractivity contribution >= 4 is 128 Å². The molecule has 0 amide bonds. The van der Waals surface area contributed by atoms with Crippen molar-refractivity contribution in [1.82, 2.24) is 12.3 Å². The van der Waals surface area contributed by atoms with Gasteiger partial charge in [-0.1, -0.05) is 0 Å². The molecule has 0 aliphatic carbocycles. The molecule has 0 atom stereocenters. The molecule has 0 aliphatic heterocycles. The van der Waals surface area contributed by atoms with Crippen molar-refractivity contribution in [2.75, 3.05) is 0 Å². The molecular formula is H10Cl2K2N2. The van der Waals surface area contributed by atoms with Gasteiger partial charge in [0.2, 0.25) is 0 Å². The summed E-state index contributed by atoms with van der Waals surface area (Å²) in [6, 6.07) is 0. The average molecular weight is 187 g/mol. The molecule has 2 nitrogen and oxygen atoms in total. The predicted molar refractivity (Wildman–Crippen MR) is 38.8 cm³/mol. The second-order valence-corrected chi connectivity index (χ2v) is 0. The van der Waals surface area contributed by atoms with E-state index in [4.69, 9.17) is 0 Å². The zero-order valence-electron chi connectivity index (χ0n) is 2.23. The van der Waals surface area contributed by atoms with Crippen LogP contribution in [-0.4, -0.2) is 103 Å². The zero-order chi connectivity index (χ0) is 0. The Morgan fingerprint density at radius 1 is 0.500 bits per heavy atom. The maximum atomic E-state index is 0. The monoisotopic (exact) mass is 186 g/mol. The number of halogens is 2. The van der Waals surface area contributed by atoms with Gasteiger partial charge >= 0.3 is 103 Å². The van der Waals surface area contributed by atoms with Crippen LogP contribution in [0.1, 0.15) is 0 Å². The Labute approximate surface area is 136 Å². The molecular weight excluding hydrogens is 177 g/mol. The Morgan fingerprint density at radius 3 is 0.500 bits per heavy atom. The van der Waals surface area contributed by atoms with E-state index >= 15 is 0 Å². The zero-order valence-corrected chi connectivity index (χ0v) is 3.86. The molecule has 0 rings (SSSR count). The van der Waals surface area contributed by atoms with Gasteiger partial charge in [-0.25, -0.2) is 0 Å². The van der Waals surface area contributed by atoms with E-state index in [1.54, 1.807) is 0 Å². The predicted octanol–water partition coefficient (Wildman–Crippen LogP) is -0.129. The summed E-state index contributed by atoms with van der Waals surface area (Å²) in [4.78, 5) is 0. The molecule has 0 aromatic carbocycles. The fourth-order valence-electron chi connectivity index (χ4n) is 0. The van der Waals surface area contributed by atoms with Crippen molar-refractivity contribution in [3.05, 3.63) is 0 Å². The van der Waals surface area contributed by atoms with Crippen LogP contribution in [0.4, 0.5) is 0 Å². The third-order valence-corrected chi connectivity index (χ3v) is 0. The molecule has 0 aromatic rings. The van der Waals surface area contributed by atoms with Gasteiger partial charge in [0.1, 0.15) is 0 Å². The second-order valence-electron chi connectivity index (χ2n) is 0. The van der Waals surface area contributed by atoms with Gasteiger partial charge in [0.05, 0.1) is 0 Å². The van der Waals surface area contributed by atoms with Gasteiger partial charge in [-0.3, -0.25) is 0 Å². The van der Waals surface area contributed by atoms with Gasteiger partial charge in [0.15, 0.2) is 0 Å². The van der Waals surface area contributed by atoms with E-state index in [0.29, 0.717) is 0 Å². The molecule has 6 heavy (non-hydrogen) atoms. The number of hydrogen-bond acceptors (Lipinski definition) is 2. The van der Waals surface area contributed by atoms with Crippen LogP contribution in [-0.2, 0) is 0 Å². The molecule has 0 saturated heterocycles. The van der Waals surface area contributed by atoms with E-state index in [1.165, 1.54) is 0 Å². The summed E-state index contributed by atoms with van der Waals surface area (Å²) >= 11 is 0. The van der Waals surface area contributed by atoms with E-state index in [1.807, 2.05) is 0 Å². The van der Waals surface area contributed by atoms with Gasteiger partial charge in [-0.15, -0.1) is 24.8 Å². The summed E-state index contributed by atoms with van der Waals surface area (Å²) in [7, 11) is 0. The Bertz CT molecular complexity index is 9.51. The first-order valence-electron chi connectivity index (χ1n) is 0. The number of rotatable bonds is 0. The molecule has 0 aliphatic rings. The maximum absolute atomic E-state index is 0. The summed E-state index contributed by atoms with van der Waals surface area (Å²) in [5, 5.41) is 0. The third-order valence-electron chi connectivity index (χ3n) is 0. The van der Waals surface area contributed by atoms with Crippen LogP contribution in [0.3, 0.4) is 0 Å². The van der Waals surface area contributed by atoms with Crippen molar-refractivity contribution in [2.24, 2.45) is 0 Å². The molecule has 0 unspecified atom stereocenters. The molecule has 6 heteroatoms. The summed E-state index contributed by atoms with van der Waals surface area (Å²) in [6.07, 6.45) is 0. The molecule has 0 spiro atoms. The Morgan fingerprint density at radius 2 is 0.500 bits per heavy atom. The Hall–Kier alpha value is 3.77. The van der Waals surface area contributed by atoms with Gasteiger partial charge in [0.25, 0.3) is 0 Å². The molecule has 0 aromatic heterocycles. The van der Waals surface area contributed by atoms with E-state index in [-0.39, 0.29) is 140 Å². The van der Waals surface area contributed by atoms with Gasteiger partial charge in [-0.2, -0.15) is 0 Å². The quantitative estimate of drug-likeness (QED) is 0.519. The number of hydrogen-bond donors (Lipinski definition) is 2. The van der Waals surface area contributed by atoms with Gasteiger partial charge < -0.3 is 12.3 Å². The normalized spacial score (nSPS) is 0. The van der Waals surface area contributed by atoms with Crippen molar-refractivity contribution in [1.29, 1.82) is 0 Å². The van der Waals surface area contributed by atoms with Crippen molar-refractivity contribution in [3.63, 3.8) is 0 Å². The SMILES string of the molecule is Cl.Cl.N.N.[KH].[KH]. The summed E-state index contributed by atoms with van der Waals surface area (Å²) in [6.45, 7) is 0. The van der Waals surface area contributed by atoms with E-state index in [9.17, 15) is 0 Å². The van der Waals surface area contributed by atoms with Crippen LogP contribution >= 0.6 is 24.8 Å². The van der Waals surface area contributed by atoms with E-state index < -0.39 is 0 Å². The fourth-order valence-corrected chi connectivity index (χ4v) is 0. The minimum absolute atomic E-state index is 0. The molecule has 0 bridgehead atoms. The Balaban J connectivity index is 0. The average Bonchev–Trinajstić information content (AvgIpc) is 0. The van der Waals surface area contributed by atoms with Crippen molar-refractivity contribution in [2.45, 2.75) is 0 Å². The van der Waals surface area contributed by atoms with E-state index in [2.05, 4.69) is 0 Å². The third kappa shape index (κ3) is 25.0. The molecule has 0 heterocycles. The first-order valence-corrected chi connectivity index (χ1v) is 0. The fraction of sp³-hybridized carbons (Fsp3) is 0. The topological polar surface area (TPSA) is 70.0 Å². The van der Waals surface area contributed by atoms with Crippen LogP contribution in [0, 0.1) is 0 Å². The van der Waals surface area contributed by atoms with Crippen LogP contribution in [0.15, 0.2) is 0 Å². The molecule has 0 saturated carbocycles. The van der Waals surface area contributed by atoms with Crippen LogP contribution < -0.4 is 12.3 Å². The van der Waals surface area contributed by atoms with E-state index in [0.717, 1.165) is 0 Å². The minimum atomic E-state index is 0. The first-order chi connectivity index (χ1) is 0. The van der Waals surface area contributed by atoms with Crippen LogP contribution in [0.25, 0.3) is 0 Å². The van der Waals surface area contributed by atoms with Gasteiger partial charge in [0, 0.05) is 0 Å². The van der Waals surface area contributed by atoms with Crippen molar-refractivity contribution < 1.29 is 0 Å². The summed E-state index contributed by atoms with van der Waals surface area (Å²) < 4.78 is 0. The standard InChI is InChI=1S/2ClH.2K.2H3N.2H/h2*1H;;;2*1H3;;. The Kier molecular flexibility index (Phi) is 328. The summed E-state index contributed by atoms with van der Waals surface area (Å²) in [5.74, 6) is 0. The molecule has 0 fully saturated rings. The molecule has 6 N–H and O–H groups in total. The van der Waals surface area contributed by atoms with Crippen LogP contribution in [0.2, 0.25) is 0 Å². The van der Waals surface area contributed by atoms with Crippen LogP contribution in [0.5, 0.6) is 0 Å². The van der Waals surface area contributed by atoms with Gasteiger partial charge in [-0.05, 0) is 0 Å². The molecule has 36 valence electrons.